The van der Waals surface area contributed by atoms with E-state index >= 15 is 0 Å². The monoisotopic (exact) mass is 242 g/mol. The van der Waals surface area contributed by atoms with E-state index < -0.39 is 0 Å². The number of alkyl halides is 1. The number of hydrogen-bond donors (Lipinski definition) is 0. The lowest BCUT2D eigenvalue weighted by Gasteiger charge is -2.02. The van der Waals surface area contributed by atoms with Crippen LogP contribution in [-0.2, 0) is 0 Å². The van der Waals surface area contributed by atoms with Crippen molar-refractivity contribution in [2.75, 3.05) is 5.33 Å². The van der Waals surface area contributed by atoms with Crippen LogP contribution in [0.15, 0.2) is 12.4 Å². The van der Waals surface area contributed by atoms with Crippen LogP contribution in [0.5, 0.6) is 0 Å². The van der Waals surface area contributed by atoms with Gasteiger partial charge in [-0.15, -0.1) is 0 Å². The third-order valence-corrected chi connectivity index (χ3v) is 3.53. The Morgan fingerprint density at radius 1 is 1.69 bits per heavy atom. The lowest BCUT2D eigenvalue weighted by atomic mass is 10.2. The molecule has 1 heterocycles. The maximum Gasteiger partial charge on any atom is 0.0524 e. The van der Waals surface area contributed by atoms with Crippen LogP contribution in [0.1, 0.15) is 37.8 Å². The van der Waals surface area contributed by atoms with Crippen LogP contribution in [0.4, 0.5) is 0 Å². The summed E-state index contributed by atoms with van der Waals surface area (Å²) >= 11 is 3.52. The van der Waals surface area contributed by atoms with Gasteiger partial charge in [0.2, 0.25) is 0 Å². The molecule has 0 spiro atoms. The average Bonchev–Trinajstić information content (AvgIpc) is 2.73. The highest BCUT2D eigenvalue weighted by molar-refractivity contribution is 9.09. The maximum absolute atomic E-state index is 4.35. The summed E-state index contributed by atoms with van der Waals surface area (Å²) in [5, 5.41) is 5.48. The highest BCUT2D eigenvalue weighted by atomic mass is 79.9. The first-order chi connectivity index (χ1) is 6.22. The Morgan fingerprint density at radius 3 is 2.92 bits per heavy atom. The fraction of sp³-hybridized carbons (Fsp3) is 0.700. The third kappa shape index (κ3) is 1.80. The van der Waals surface area contributed by atoms with E-state index in [1.165, 1.54) is 12.0 Å². The molecule has 1 fully saturated rings. The summed E-state index contributed by atoms with van der Waals surface area (Å²) in [5.74, 6) is 1.62. The Labute approximate surface area is 87.5 Å². The highest BCUT2D eigenvalue weighted by Crippen LogP contribution is 2.48. The van der Waals surface area contributed by atoms with E-state index in [0.29, 0.717) is 6.04 Å². The Bertz CT molecular complexity index is 293. The van der Waals surface area contributed by atoms with Crippen molar-refractivity contribution in [3.05, 3.63) is 18.0 Å². The summed E-state index contributed by atoms with van der Waals surface area (Å²) in [6.07, 6.45) is 5.54. The molecular formula is C10H15BrN2. The zero-order valence-electron chi connectivity index (χ0n) is 8.07. The molecule has 0 saturated heterocycles. The first-order valence-corrected chi connectivity index (χ1v) is 5.94. The molecule has 0 aliphatic heterocycles. The Hall–Kier alpha value is -0.310. The topological polar surface area (TPSA) is 17.8 Å². The van der Waals surface area contributed by atoms with Crippen molar-refractivity contribution in [2.24, 2.45) is 5.92 Å². The normalized spacial score (nSPS) is 26.8. The highest BCUT2D eigenvalue weighted by Gasteiger charge is 2.37. The van der Waals surface area contributed by atoms with Gasteiger partial charge in [0.05, 0.1) is 6.20 Å². The van der Waals surface area contributed by atoms with Gasteiger partial charge in [0.25, 0.3) is 0 Å². The van der Waals surface area contributed by atoms with Gasteiger partial charge in [-0.3, -0.25) is 4.68 Å². The zero-order valence-corrected chi connectivity index (χ0v) is 9.66. The molecule has 1 aliphatic carbocycles. The van der Waals surface area contributed by atoms with E-state index in [9.17, 15) is 0 Å². The second-order valence-corrected chi connectivity index (χ2v) is 4.75. The van der Waals surface area contributed by atoms with Crippen LogP contribution in [-0.4, -0.2) is 15.1 Å². The number of hydrogen-bond acceptors (Lipinski definition) is 1. The minimum absolute atomic E-state index is 0.481. The molecule has 72 valence electrons. The average molecular weight is 243 g/mol. The van der Waals surface area contributed by atoms with Gasteiger partial charge < -0.3 is 0 Å². The van der Waals surface area contributed by atoms with Gasteiger partial charge in [0.1, 0.15) is 0 Å². The Balaban J connectivity index is 2.07. The van der Waals surface area contributed by atoms with Crippen molar-refractivity contribution in [3.8, 4) is 0 Å². The van der Waals surface area contributed by atoms with Gasteiger partial charge in [-0.05, 0) is 37.7 Å². The van der Waals surface area contributed by atoms with E-state index in [1.54, 1.807) is 0 Å². The fourth-order valence-electron chi connectivity index (χ4n) is 1.65. The van der Waals surface area contributed by atoms with Crippen molar-refractivity contribution in [1.29, 1.82) is 0 Å². The molecule has 1 aliphatic rings. The summed E-state index contributed by atoms with van der Waals surface area (Å²) < 4.78 is 2.04. The summed E-state index contributed by atoms with van der Waals surface area (Å²) in [7, 11) is 0. The molecule has 0 amide bonds. The molecule has 1 aromatic rings. The van der Waals surface area contributed by atoms with Crippen molar-refractivity contribution < 1.29 is 0 Å². The molecule has 0 bridgehead atoms. The van der Waals surface area contributed by atoms with E-state index in [1.807, 2.05) is 10.9 Å². The van der Waals surface area contributed by atoms with Gasteiger partial charge in [-0.1, -0.05) is 15.9 Å². The van der Waals surface area contributed by atoms with Crippen molar-refractivity contribution >= 4 is 15.9 Å². The van der Waals surface area contributed by atoms with Crippen molar-refractivity contribution in [1.82, 2.24) is 9.78 Å². The number of halogens is 1. The minimum atomic E-state index is 0.481. The summed E-state index contributed by atoms with van der Waals surface area (Å²) in [5.41, 5.74) is 1.41. The molecule has 1 aromatic heterocycles. The van der Waals surface area contributed by atoms with Crippen molar-refractivity contribution in [2.45, 2.75) is 32.2 Å². The summed E-state index contributed by atoms with van der Waals surface area (Å²) in [4.78, 5) is 0. The third-order valence-electron chi connectivity index (χ3n) is 2.70. The van der Waals surface area contributed by atoms with E-state index in [4.69, 9.17) is 0 Å². The van der Waals surface area contributed by atoms with Crippen LogP contribution in [0.2, 0.25) is 0 Å². The molecule has 3 heteroatoms. The molecule has 0 radical (unpaired) electrons. The standard InChI is InChI=1S/C10H15BrN2/c1-7(2)13-6-9(5-12-13)10-3-8(10)4-11/h5-8,10H,3-4H2,1-2H3. The lowest BCUT2D eigenvalue weighted by molar-refractivity contribution is 0.532. The van der Waals surface area contributed by atoms with Crippen LogP contribution >= 0.6 is 15.9 Å². The molecule has 2 atom stereocenters. The van der Waals surface area contributed by atoms with E-state index in [0.717, 1.165) is 17.2 Å². The second kappa shape index (κ2) is 3.45. The van der Waals surface area contributed by atoms with Crippen LogP contribution in [0.3, 0.4) is 0 Å². The molecule has 0 aromatic carbocycles. The number of rotatable bonds is 3. The van der Waals surface area contributed by atoms with E-state index in [2.05, 4.69) is 41.1 Å². The van der Waals surface area contributed by atoms with Crippen LogP contribution in [0.25, 0.3) is 0 Å². The van der Waals surface area contributed by atoms with Gasteiger partial charge in [-0.2, -0.15) is 5.10 Å². The molecule has 0 N–H and O–H groups in total. The summed E-state index contributed by atoms with van der Waals surface area (Å²) in [6.45, 7) is 4.32. The predicted octanol–water partition coefficient (Wildman–Crippen LogP) is 2.96. The first kappa shape index (κ1) is 9.25. The number of nitrogens with zero attached hydrogens (tertiary/aromatic N) is 2. The fourth-order valence-corrected chi connectivity index (χ4v) is 2.37. The van der Waals surface area contributed by atoms with Gasteiger partial charge in [-0.25, -0.2) is 0 Å². The van der Waals surface area contributed by atoms with Crippen molar-refractivity contribution in [3.63, 3.8) is 0 Å². The molecule has 1 saturated carbocycles. The zero-order chi connectivity index (χ0) is 9.42. The molecular weight excluding hydrogens is 228 g/mol. The largest absolute Gasteiger partial charge is 0.270 e. The van der Waals surface area contributed by atoms with Gasteiger partial charge in [0.15, 0.2) is 0 Å². The number of aromatic nitrogens is 2. The molecule has 13 heavy (non-hydrogen) atoms. The second-order valence-electron chi connectivity index (χ2n) is 4.10. The maximum atomic E-state index is 4.35. The SMILES string of the molecule is CC(C)n1cc(C2CC2CBr)cn1. The Kier molecular flexibility index (Phi) is 2.45. The van der Waals surface area contributed by atoms with E-state index in [-0.39, 0.29) is 0 Å². The summed E-state index contributed by atoms with van der Waals surface area (Å²) in [6, 6.07) is 0.481. The molecule has 2 unspecified atom stereocenters. The van der Waals surface area contributed by atoms with Crippen LogP contribution < -0.4 is 0 Å². The smallest absolute Gasteiger partial charge is 0.0524 e. The predicted molar refractivity (Wildman–Crippen MR) is 57.3 cm³/mol. The first-order valence-electron chi connectivity index (χ1n) is 4.82. The van der Waals surface area contributed by atoms with Gasteiger partial charge in [0, 0.05) is 17.6 Å². The molecule has 2 nitrogen and oxygen atoms in total. The van der Waals surface area contributed by atoms with Crippen LogP contribution in [0, 0.1) is 5.92 Å². The Morgan fingerprint density at radius 2 is 2.46 bits per heavy atom. The lowest BCUT2D eigenvalue weighted by Crippen LogP contribution is -1.99. The quantitative estimate of drug-likeness (QED) is 0.746. The van der Waals surface area contributed by atoms with Gasteiger partial charge >= 0.3 is 0 Å². The minimum Gasteiger partial charge on any atom is -0.270 e. The molecule has 2 rings (SSSR count).